The first-order valence-electron chi connectivity index (χ1n) is 8.95. The first kappa shape index (κ1) is 22.1. The summed E-state index contributed by atoms with van der Waals surface area (Å²) in [5.41, 5.74) is 0.277. The largest absolute Gasteiger partial charge is 0.408 e. The van der Waals surface area contributed by atoms with Gasteiger partial charge in [0.15, 0.2) is 0 Å². The van der Waals surface area contributed by atoms with E-state index in [9.17, 15) is 26.4 Å². The summed E-state index contributed by atoms with van der Waals surface area (Å²) in [6.07, 6.45) is -3.25. The molecule has 0 atom stereocenters. The number of nitrogens with zero attached hydrogens (tertiary/aromatic N) is 3. The van der Waals surface area contributed by atoms with E-state index in [-0.39, 0.29) is 36.0 Å². The number of alkyl halides is 3. The first-order valence-corrected chi connectivity index (χ1v) is 10.4. The second-order valence-electron chi connectivity index (χ2n) is 6.46. The van der Waals surface area contributed by atoms with Crippen molar-refractivity contribution in [1.29, 1.82) is 0 Å². The maximum absolute atomic E-state index is 12.7. The van der Waals surface area contributed by atoms with E-state index in [0.29, 0.717) is 17.9 Å². The molecule has 1 aromatic heterocycles. The van der Waals surface area contributed by atoms with Gasteiger partial charge in [0.2, 0.25) is 15.9 Å². The lowest BCUT2D eigenvalue weighted by Crippen LogP contribution is -2.40. The first-order chi connectivity index (χ1) is 14.1. The van der Waals surface area contributed by atoms with Crippen LogP contribution in [0.4, 0.5) is 24.7 Å². The van der Waals surface area contributed by atoms with Gasteiger partial charge in [-0.2, -0.15) is 22.6 Å². The number of halogens is 3. The van der Waals surface area contributed by atoms with Crippen LogP contribution in [0.1, 0.15) is 0 Å². The highest BCUT2D eigenvalue weighted by Crippen LogP contribution is 2.21. The third-order valence-corrected chi connectivity index (χ3v) is 6.03. The summed E-state index contributed by atoms with van der Waals surface area (Å²) in [6, 6.07) is 7.14. The predicted molar refractivity (Wildman–Crippen MR) is 101 cm³/mol. The predicted octanol–water partition coefficient (Wildman–Crippen LogP) is 1.52. The second-order valence-corrected chi connectivity index (χ2v) is 8.40. The van der Waals surface area contributed by atoms with Gasteiger partial charge in [-0.05, 0) is 18.2 Å². The normalized spacial score (nSPS) is 15.7. The number of hydrogen-bond acceptors (Lipinski definition) is 6. The van der Waals surface area contributed by atoms with Crippen molar-refractivity contribution in [3.63, 3.8) is 0 Å². The fourth-order valence-corrected chi connectivity index (χ4v) is 4.23. The van der Waals surface area contributed by atoms with E-state index in [2.05, 4.69) is 15.7 Å². The molecule has 0 bridgehead atoms. The average Bonchev–Trinajstić information content (AvgIpc) is 3.13. The van der Waals surface area contributed by atoms with Crippen molar-refractivity contribution >= 4 is 27.4 Å². The highest BCUT2D eigenvalue weighted by Gasteiger charge is 2.28. The highest BCUT2D eigenvalue weighted by atomic mass is 32.2. The number of carbonyl (C=O) groups excluding carboxylic acids is 1. The van der Waals surface area contributed by atoms with E-state index in [1.165, 1.54) is 34.6 Å². The molecule has 2 heterocycles. The van der Waals surface area contributed by atoms with Gasteiger partial charge in [-0.3, -0.25) is 9.48 Å². The number of carbonyl (C=O) groups is 1. The minimum Gasteiger partial charge on any atom is -0.379 e. The summed E-state index contributed by atoms with van der Waals surface area (Å²) < 4.78 is 69.6. The van der Waals surface area contributed by atoms with Crippen LogP contribution < -0.4 is 10.6 Å². The molecule has 1 amide bonds. The smallest absolute Gasteiger partial charge is 0.379 e. The molecule has 0 unspecified atom stereocenters. The van der Waals surface area contributed by atoms with Crippen LogP contribution in [0.5, 0.6) is 0 Å². The minimum absolute atomic E-state index is 0.0426. The third-order valence-electron chi connectivity index (χ3n) is 4.14. The van der Waals surface area contributed by atoms with Crippen molar-refractivity contribution in [2.45, 2.75) is 17.6 Å². The second kappa shape index (κ2) is 9.02. The number of amides is 1. The van der Waals surface area contributed by atoms with E-state index in [1.54, 1.807) is 0 Å². The Kier molecular flexibility index (Phi) is 6.63. The fraction of sp³-hybridized carbons (Fsp3) is 0.412. The van der Waals surface area contributed by atoms with Crippen molar-refractivity contribution < 1.29 is 31.1 Å². The Morgan fingerprint density at radius 2 is 1.93 bits per heavy atom. The summed E-state index contributed by atoms with van der Waals surface area (Å²) in [5, 5.41) is 8.85. The molecule has 1 aliphatic heterocycles. The lowest BCUT2D eigenvalue weighted by molar-refractivity contribution is -0.142. The third kappa shape index (κ3) is 5.93. The Labute approximate surface area is 170 Å². The van der Waals surface area contributed by atoms with E-state index < -0.39 is 28.7 Å². The van der Waals surface area contributed by atoms with Crippen LogP contribution >= 0.6 is 0 Å². The molecule has 0 saturated carbocycles. The van der Waals surface area contributed by atoms with Gasteiger partial charge in [-0.15, -0.1) is 0 Å². The summed E-state index contributed by atoms with van der Waals surface area (Å²) in [7, 11) is -3.71. The Bertz CT molecular complexity index is 987. The van der Waals surface area contributed by atoms with Gasteiger partial charge in [0, 0.05) is 31.0 Å². The molecule has 1 aromatic carbocycles. The van der Waals surface area contributed by atoms with Crippen LogP contribution in [-0.4, -0.2) is 67.4 Å². The summed E-state index contributed by atoms with van der Waals surface area (Å²) >= 11 is 0. The maximum Gasteiger partial charge on any atom is 0.408 e. The molecule has 2 aromatic rings. The van der Waals surface area contributed by atoms with Crippen LogP contribution in [-0.2, 0) is 26.1 Å². The van der Waals surface area contributed by atoms with Gasteiger partial charge in [0.05, 0.1) is 24.7 Å². The molecule has 0 spiro atoms. The maximum atomic E-state index is 12.7. The van der Waals surface area contributed by atoms with Crippen LogP contribution in [0, 0.1) is 0 Å². The van der Waals surface area contributed by atoms with Crippen LogP contribution in [0.3, 0.4) is 0 Å². The number of sulfonamides is 1. The molecular weight excluding hydrogens is 427 g/mol. The molecule has 13 heteroatoms. The van der Waals surface area contributed by atoms with Crippen molar-refractivity contribution in [3.8, 4) is 0 Å². The molecule has 1 fully saturated rings. The molecule has 3 rings (SSSR count). The standard InChI is InChI=1S/C17H20F3N5O4S/c18-17(19,20)12-24-5-4-15(23-24)21-11-16(26)22-13-2-1-3-14(10-13)30(27,28)25-6-8-29-9-7-25/h1-5,10H,6-9,11-12H2,(H,21,23)(H,22,26). The topological polar surface area (TPSA) is 106 Å². The van der Waals surface area contributed by atoms with E-state index in [4.69, 9.17) is 4.74 Å². The van der Waals surface area contributed by atoms with Gasteiger partial charge in [0.25, 0.3) is 0 Å². The molecule has 1 saturated heterocycles. The SMILES string of the molecule is O=C(CNc1ccn(CC(F)(F)F)n1)Nc1cccc(S(=O)(=O)N2CCOCC2)c1. The van der Waals surface area contributed by atoms with Gasteiger partial charge >= 0.3 is 6.18 Å². The van der Waals surface area contributed by atoms with E-state index in [0.717, 1.165) is 6.20 Å². The Hall–Kier alpha value is -2.64. The Morgan fingerprint density at radius 1 is 1.20 bits per heavy atom. The molecule has 0 radical (unpaired) electrons. The van der Waals surface area contributed by atoms with Crippen molar-refractivity contribution in [2.75, 3.05) is 43.5 Å². The van der Waals surface area contributed by atoms with Gasteiger partial charge in [-0.1, -0.05) is 6.07 Å². The summed E-state index contributed by atoms with van der Waals surface area (Å²) in [5.74, 6) is -0.403. The van der Waals surface area contributed by atoms with Crippen molar-refractivity contribution in [2.24, 2.45) is 0 Å². The lowest BCUT2D eigenvalue weighted by atomic mass is 10.3. The van der Waals surface area contributed by atoms with Gasteiger partial charge < -0.3 is 15.4 Å². The van der Waals surface area contributed by atoms with Crippen molar-refractivity contribution in [3.05, 3.63) is 36.5 Å². The number of ether oxygens (including phenoxy) is 1. The molecule has 2 N–H and O–H groups in total. The minimum atomic E-state index is -4.40. The summed E-state index contributed by atoms with van der Waals surface area (Å²) in [6.45, 7) is -0.345. The number of morpholine rings is 1. The molecule has 30 heavy (non-hydrogen) atoms. The zero-order valence-electron chi connectivity index (χ0n) is 15.7. The van der Waals surface area contributed by atoms with Crippen LogP contribution in [0.25, 0.3) is 0 Å². The van der Waals surface area contributed by atoms with Crippen LogP contribution in [0.15, 0.2) is 41.4 Å². The molecule has 164 valence electrons. The zero-order valence-corrected chi connectivity index (χ0v) is 16.5. The Morgan fingerprint density at radius 3 is 2.63 bits per heavy atom. The molecular formula is C17H20F3N5O4S. The number of hydrogen-bond donors (Lipinski definition) is 2. The Balaban J connectivity index is 1.57. The quantitative estimate of drug-likeness (QED) is 0.667. The molecule has 1 aliphatic rings. The molecule has 9 nitrogen and oxygen atoms in total. The molecule has 0 aliphatic carbocycles. The van der Waals surface area contributed by atoms with Crippen molar-refractivity contribution in [1.82, 2.24) is 14.1 Å². The van der Waals surface area contributed by atoms with E-state index in [1.807, 2.05) is 0 Å². The monoisotopic (exact) mass is 447 g/mol. The lowest BCUT2D eigenvalue weighted by Gasteiger charge is -2.26. The highest BCUT2D eigenvalue weighted by molar-refractivity contribution is 7.89. The number of anilines is 2. The summed E-state index contributed by atoms with van der Waals surface area (Å²) in [4.78, 5) is 12.2. The van der Waals surface area contributed by atoms with Gasteiger partial charge in [0.1, 0.15) is 12.4 Å². The number of benzene rings is 1. The zero-order chi connectivity index (χ0) is 21.8. The van der Waals surface area contributed by atoms with Gasteiger partial charge in [-0.25, -0.2) is 8.42 Å². The number of nitrogens with one attached hydrogen (secondary N) is 2. The van der Waals surface area contributed by atoms with Crippen LogP contribution in [0.2, 0.25) is 0 Å². The number of rotatable bonds is 7. The average molecular weight is 447 g/mol. The fourth-order valence-electron chi connectivity index (χ4n) is 2.77. The van der Waals surface area contributed by atoms with E-state index >= 15 is 0 Å². The number of aromatic nitrogens is 2.